The van der Waals surface area contributed by atoms with Gasteiger partial charge in [0.25, 0.3) is 0 Å². The third-order valence-electron chi connectivity index (χ3n) is 3.60. The molecule has 1 aromatic rings. The van der Waals surface area contributed by atoms with Gasteiger partial charge in [-0.1, -0.05) is 25.7 Å². The van der Waals surface area contributed by atoms with E-state index in [9.17, 15) is 4.79 Å². The van der Waals surface area contributed by atoms with Crippen LogP contribution >= 0.6 is 22.9 Å². The van der Waals surface area contributed by atoms with Crippen molar-refractivity contribution in [3.05, 3.63) is 16.1 Å². The number of carbonyl (C=O) groups is 1. The predicted octanol–water partition coefficient (Wildman–Crippen LogP) is 3.76. The number of hydrogen-bond acceptors (Lipinski definition) is 4. The van der Waals surface area contributed by atoms with Crippen LogP contribution in [-0.4, -0.2) is 23.8 Å². The van der Waals surface area contributed by atoms with Gasteiger partial charge in [0.1, 0.15) is 16.3 Å². The first-order valence-corrected chi connectivity index (χ1v) is 7.73. The number of ether oxygens (including phenoxy) is 1. The lowest BCUT2D eigenvalue weighted by atomic mass is 9.95. The Morgan fingerprint density at radius 3 is 2.67 bits per heavy atom. The number of ketones is 1. The first-order valence-electron chi connectivity index (χ1n) is 6.32. The number of halogens is 1. The number of rotatable bonds is 4. The average Bonchev–Trinajstić information content (AvgIpc) is 2.78. The van der Waals surface area contributed by atoms with E-state index in [1.165, 1.54) is 24.2 Å². The summed E-state index contributed by atoms with van der Waals surface area (Å²) in [5.74, 6) is -0.123. The van der Waals surface area contributed by atoms with Crippen LogP contribution in [0, 0.1) is 0 Å². The molecule has 1 aliphatic rings. The summed E-state index contributed by atoms with van der Waals surface area (Å²) in [5.41, 5.74) is 0.192. The summed E-state index contributed by atoms with van der Waals surface area (Å²) in [6.45, 7) is 0. The number of methoxy groups -OCH3 is 1. The minimum Gasteiger partial charge on any atom is -0.371 e. The Labute approximate surface area is 117 Å². The Kier molecular flexibility index (Phi) is 4.76. The summed E-state index contributed by atoms with van der Waals surface area (Å²) < 4.78 is 5.78. The van der Waals surface area contributed by atoms with Crippen molar-refractivity contribution in [3.8, 4) is 0 Å². The lowest BCUT2D eigenvalue weighted by Gasteiger charge is -2.29. The highest BCUT2D eigenvalue weighted by atomic mass is 35.5. The van der Waals surface area contributed by atoms with Crippen LogP contribution in [0.15, 0.2) is 5.38 Å². The first-order chi connectivity index (χ1) is 8.72. The van der Waals surface area contributed by atoms with Gasteiger partial charge in [0, 0.05) is 12.5 Å². The molecule has 2 rings (SSSR count). The molecular formula is C13H18ClNO2S. The summed E-state index contributed by atoms with van der Waals surface area (Å²) in [5, 5.41) is 2.73. The molecule has 1 heterocycles. The molecule has 0 aliphatic heterocycles. The van der Waals surface area contributed by atoms with Crippen LogP contribution in [0.25, 0.3) is 0 Å². The maximum absolute atomic E-state index is 11.5. The fourth-order valence-corrected chi connectivity index (χ4v) is 3.68. The van der Waals surface area contributed by atoms with Crippen LogP contribution in [0.5, 0.6) is 0 Å². The molecule has 1 saturated carbocycles. The molecule has 0 bridgehead atoms. The number of hydrogen-bond donors (Lipinski definition) is 0. The van der Waals surface area contributed by atoms with Gasteiger partial charge in [-0.2, -0.15) is 0 Å². The largest absolute Gasteiger partial charge is 0.371 e. The molecule has 1 fully saturated rings. The zero-order chi connectivity index (χ0) is 13.0. The number of carbonyl (C=O) groups excluding carboxylic acids is 1. The number of aromatic nitrogens is 1. The monoisotopic (exact) mass is 287 g/mol. The first kappa shape index (κ1) is 14.0. The van der Waals surface area contributed by atoms with Gasteiger partial charge in [-0.05, 0) is 12.8 Å². The second-order valence-corrected chi connectivity index (χ2v) is 5.83. The van der Waals surface area contributed by atoms with E-state index in [1.807, 2.05) is 0 Å². The molecule has 0 spiro atoms. The molecule has 1 aliphatic carbocycles. The van der Waals surface area contributed by atoms with Gasteiger partial charge >= 0.3 is 0 Å². The quantitative estimate of drug-likeness (QED) is 0.481. The standard InChI is InChI=1S/C13H18ClNO2S/c1-17-13(6-4-2-3-5-7-13)12-15-10(9-18-12)11(16)8-14/h9H,2-8H2,1H3. The van der Waals surface area contributed by atoms with Crippen LogP contribution in [-0.2, 0) is 10.3 Å². The summed E-state index contributed by atoms with van der Waals surface area (Å²) in [6.07, 6.45) is 6.81. The van der Waals surface area contributed by atoms with E-state index in [0.29, 0.717) is 5.69 Å². The molecule has 100 valence electrons. The number of Topliss-reactive ketones (excluding diaryl/α,β-unsaturated/α-hetero) is 1. The summed E-state index contributed by atoms with van der Waals surface area (Å²) in [6, 6.07) is 0. The molecule has 0 unspecified atom stereocenters. The van der Waals surface area contributed by atoms with Crippen LogP contribution in [0.4, 0.5) is 0 Å². The predicted molar refractivity (Wildman–Crippen MR) is 73.6 cm³/mol. The van der Waals surface area contributed by atoms with E-state index in [0.717, 1.165) is 30.7 Å². The maximum atomic E-state index is 11.5. The van der Waals surface area contributed by atoms with Crippen molar-refractivity contribution in [3.63, 3.8) is 0 Å². The highest BCUT2D eigenvalue weighted by Gasteiger charge is 2.36. The SMILES string of the molecule is COC1(c2nc(C(=O)CCl)cs2)CCCCCC1. The third kappa shape index (κ3) is 2.76. The van der Waals surface area contributed by atoms with E-state index in [1.54, 1.807) is 12.5 Å². The third-order valence-corrected chi connectivity index (χ3v) is 4.87. The zero-order valence-electron chi connectivity index (χ0n) is 10.6. The van der Waals surface area contributed by atoms with Crippen LogP contribution in [0.2, 0.25) is 0 Å². The van der Waals surface area contributed by atoms with E-state index in [4.69, 9.17) is 16.3 Å². The fraction of sp³-hybridized carbons (Fsp3) is 0.692. The second-order valence-electron chi connectivity index (χ2n) is 4.71. The van der Waals surface area contributed by atoms with E-state index < -0.39 is 0 Å². The van der Waals surface area contributed by atoms with Gasteiger partial charge < -0.3 is 4.74 Å². The normalized spacial score (nSPS) is 19.4. The van der Waals surface area contributed by atoms with Crippen molar-refractivity contribution in [1.29, 1.82) is 0 Å². The fourth-order valence-electron chi connectivity index (χ4n) is 2.48. The van der Waals surface area contributed by atoms with Gasteiger partial charge in [0.05, 0.1) is 5.88 Å². The Morgan fingerprint density at radius 2 is 2.11 bits per heavy atom. The topological polar surface area (TPSA) is 39.2 Å². The van der Waals surface area contributed by atoms with Gasteiger partial charge in [0.15, 0.2) is 5.78 Å². The van der Waals surface area contributed by atoms with E-state index >= 15 is 0 Å². The number of alkyl halides is 1. The zero-order valence-corrected chi connectivity index (χ0v) is 12.1. The summed E-state index contributed by atoms with van der Waals surface area (Å²) in [4.78, 5) is 16.0. The van der Waals surface area contributed by atoms with Crippen LogP contribution < -0.4 is 0 Å². The van der Waals surface area contributed by atoms with Crippen molar-refractivity contribution in [1.82, 2.24) is 4.98 Å². The van der Waals surface area contributed by atoms with Crippen molar-refractivity contribution in [2.75, 3.05) is 13.0 Å². The molecule has 5 heteroatoms. The maximum Gasteiger partial charge on any atom is 0.196 e. The van der Waals surface area contributed by atoms with E-state index in [-0.39, 0.29) is 17.3 Å². The van der Waals surface area contributed by atoms with Crippen molar-refractivity contribution < 1.29 is 9.53 Å². The highest BCUT2D eigenvalue weighted by molar-refractivity contribution is 7.10. The summed E-state index contributed by atoms with van der Waals surface area (Å²) in [7, 11) is 1.75. The van der Waals surface area contributed by atoms with Gasteiger partial charge in [-0.3, -0.25) is 4.79 Å². The van der Waals surface area contributed by atoms with Gasteiger partial charge in [-0.15, -0.1) is 22.9 Å². The van der Waals surface area contributed by atoms with Crippen molar-refractivity contribution in [2.45, 2.75) is 44.1 Å². The molecule has 0 saturated heterocycles. The molecule has 18 heavy (non-hydrogen) atoms. The molecule has 0 radical (unpaired) electrons. The van der Waals surface area contributed by atoms with Crippen molar-refractivity contribution >= 4 is 28.7 Å². The molecule has 0 aromatic carbocycles. The number of nitrogens with zero attached hydrogens (tertiary/aromatic N) is 1. The van der Waals surface area contributed by atoms with Crippen LogP contribution in [0.1, 0.15) is 54.0 Å². The smallest absolute Gasteiger partial charge is 0.196 e. The minimum absolute atomic E-state index is 0.0108. The van der Waals surface area contributed by atoms with Crippen molar-refractivity contribution in [2.24, 2.45) is 0 Å². The lowest BCUT2D eigenvalue weighted by molar-refractivity contribution is -0.0280. The van der Waals surface area contributed by atoms with Gasteiger partial charge in [0.2, 0.25) is 0 Å². The minimum atomic E-state index is -0.286. The Balaban J connectivity index is 2.26. The molecule has 3 nitrogen and oxygen atoms in total. The van der Waals surface area contributed by atoms with Crippen LogP contribution in [0.3, 0.4) is 0 Å². The molecule has 1 aromatic heterocycles. The Bertz CT molecular complexity index is 411. The van der Waals surface area contributed by atoms with Gasteiger partial charge in [-0.25, -0.2) is 4.98 Å². The molecule has 0 amide bonds. The molecular weight excluding hydrogens is 270 g/mol. The highest BCUT2D eigenvalue weighted by Crippen LogP contribution is 2.40. The average molecular weight is 288 g/mol. The second kappa shape index (κ2) is 6.13. The van der Waals surface area contributed by atoms with E-state index in [2.05, 4.69) is 4.98 Å². The lowest BCUT2D eigenvalue weighted by Crippen LogP contribution is -2.27. The summed E-state index contributed by atoms with van der Waals surface area (Å²) >= 11 is 7.08. The molecule has 0 atom stereocenters. The Morgan fingerprint density at radius 1 is 1.44 bits per heavy atom. The number of thiazole rings is 1. The molecule has 0 N–H and O–H groups in total. The Hall–Kier alpha value is -0.450.